The molecule has 2 N–H and O–H groups in total. The second-order valence-corrected chi connectivity index (χ2v) is 4.45. The molecule has 0 fully saturated rings. The van der Waals surface area contributed by atoms with Crippen LogP contribution in [0.4, 0.5) is 5.69 Å². The van der Waals surface area contributed by atoms with E-state index < -0.39 is 0 Å². The third kappa shape index (κ3) is 3.94. The molecule has 108 valence electrons. The van der Waals surface area contributed by atoms with E-state index in [4.69, 9.17) is 21.6 Å². The van der Waals surface area contributed by atoms with Crippen molar-refractivity contribution in [3.05, 3.63) is 35.2 Å². The molecule has 8 heteroatoms. The normalized spacial score (nSPS) is 11.0. The number of ether oxygens (including phenoxy) is 1. The summed E-state index contributed by atoms with van der Waals surface area (Å²) in [6.07, 6.45) is 2.40. The largest absolute Gasteiger partial charge is 0.492 e. The lowest BCUT2D eigenvalue weighted by molar-refractivity contribution is 0.317. The van der Waals surface area contributed by atoms with Crippen LogP contribution in [0, 0.1) is 11.3 Å². The Morgan fingerprint density at radius 2 is 2.43 bits per heavy atom. The smallest absolute Gasteiger partial charge is 0.216 e. The topological polar surface area (TPSA) is 99.5 Å². The Morgan fingerprint density at radius 1 is 1.57 bits per heavy atom. The number of H-pyrrole nitrogens is 1. The molecule has 21 heavy (non-hydrogen) atoms. The fourth-order valence-corrected chi connectivity index (χ4v) is 1.73. The van der Waals surface area contributed by atoms with Gasteiger partial charge in [-0.05, 0) is 29.8 Å². The molecule has 0 atom stereocenters. The van der Waals surface area contributed by atoms with Crippen molar-refractivity contribution < 1.29 is 4.74 Å². The number of allylic oxidation sites excluding steroid dienone is 1. The van der Waals surface area contributed by atoms with Crippen LogP contribution in [-0.4, -0.2) is 27.2 Å². The molecule has 0 radical (unpaired) electrons. The van der Waals surface area contributed by atoms with Crippen LogP contribution in [0.2, 0.25) is 5.02 Å². The molecule has 2 rings (SSSR count). The summed E-state index contributed by atoms with van der Waals surface area (Å²) >= 11 is 6.12. The monoisotopic (exact) mass is 304 g/mol. The van der Waals surface area contributed by atoms with Crippen molar-refractivity contribution in [2.24, 2.45) is 0 Å². The van der Waals surface area contributed by atoms with Gasteiger partial charge in [-0.25, -0.2) is 0 Å². The Morgan fingerprint density at radius 3 is 3.05 bits per heavy atom. The molecule has 0 amide bonds. The third-order valence-corrected chi connectivity index (χ3v) is 2.78. The number of hydrogen-bond acceptors (Lipinski definition) is 6. The molecule has 1 heterocycles. The van der Waals surface area contributed by atoms with Gasteiger partial charge in [0.2, 0.25) is 5.82 Å². The number of nitrogens with one attached hydrogen (secondary N) is 2. The number of aromatic amines is 1. The molecular formula is C13H13ClN6O. The average Bonchev–Trinajstić information content (AvgIpc) is 3.01. The number of benzene rings is 1. The SMILES string of the molecule is CCCOc1ccc(NC=C(C#N)c2nn[nH]n2)cc1Cl. The molecule has 1 aromatic heterocycles. The lowest BCUT2D eigenvalue weighted by atomic mass is 10.2. The van der Waals surface area contributed by atoms with Gasteiger partial charge in [-0.15, -0.1) is 10.2 Å². The Hall–Kier alpha value is -2.59. The minimum Gasteiger partial charge on any atom is -0.492 e. The van der Waals surface area contributed by atoms with Gasteiger partial charge >= 0.3 is 0 Å². The fraction of sp³-hybridized carbons (Fsp3) is 0.231. The van der Waals surface area contributed by atoms with E-state index in [1.165, 1.54) is 6.20 Å². The van der Waals surface area contributed by atoms with Crippen LogP contribution >= 0.6 is 11.6 Å². The molecule has 0 bridgehead atoms. The van der Waals surface area contributed by atoms with E-state index in [9.17, 15) is 0 Å². The minimum absolute atomic E-state index is 0.221. The molecule has 0 unspecified atom stereocenters. The highest BCUT2D eigenvalue weighted by atomic mass is 35.5. The van der Waals surface area contributed by atoms with Crippen molar-refractivity contribution in [2.75, 3.05) is 11.9 Å². The first-order valence-electron chi connectivity index (χ1n) is 6.27. The third-order valence-electron chi connectivity index (χ3n) is 2.48. The lowest BCUT2D eigenvalue weighted by Gasteiger charge is -2.08. The zero-order valence-corrected chi connectivity index (χ0v) is 12.1. The van der Waals surface area contributed by atoms with Gasteiger partial charge in [-0.2, -0.15) is 10.5 Å². The van der Waals surface area contributed by atoms with Gasteiger partial charge in [0.15, 0.2) is 0 Å². The van der Waals surface area contributed by atoms with Gasteiger partial charge in [-0.3, -0.25) is 0 Å². The van der Waals surface area contributed by atoms with E-state index in [-0.39, 0.29) is 11.4 Å². The Balaban J connectivity index is 2.10. The summed E-state index contributed by atoms with van der Waals surface area (Å²) in [7, 11) is 0. The van der Waals surface area contributed by atoms with Crippen molar-refractivity contribution >= 4 is 22.9 Å². The van der Waals surface area contributed by atoms with Gasteiger partial charge < -0.3 is 10.1 Å². The standard InChI is InChI=1S/C13H13ClN6O/c1-2-5-21-12-4-3-10(6-11(12)14)16-8-9(7-15)13-17-19-20-18-13/h3-4,6,8,16H,2,5H2,1H3,(H,17,18,19,20). The van der Waals surface area contributed by atoms with E-state index in [0.717, 1.165) is 12.1 Å². The van der Waals surface area contributed by atoms with Crippen LogP contribution in [0.25, 0.3) is 5.57 Å². The highest BCUT2D eigenvalue weighted by Crippen LogP contribution is 2.28. The average molecular weight is 305 g/mol. The van der Waals surface area contributed by atoms with E-state index in [2.05, 4.69) is 25.9 Å². The summed E-state index contributed by atoms with van der Waals surface area (Å²) in [4.78, 5) is 0. The quantitative estimate of drug-likeness (QED) is 0.796. The van der Waals surface area contributed by atoms with Crippen LogP contribution in [0.5, 0.6) is 5.75 Å². The molecule has 7 nitrogen and oxygen atoms in total. The summed E-state index contributed by atoms with van der Waals surface area (Å²) in [5.74, 6) is 0.853. The van der Waals surface area contributed by atoms with Crippen molar-refractivity contribution in [2.45, 2.75) is 13.3 Å². The van der Waals surface area contributed by atoms with Crippen molar-refractivity contribution in [1.82, 2.24) is 20.6 Å². The maximum absolute atomic E-state index is 9.05. The number of nitrogens with zero attached hydrogens (tertiary/aromatic N) is 4. The van der Waals surface area contributed by atoms with Gasteiger partial charge in [0.05, 0.1) is 11.6 Å². The van der Waals surface area contributed by atoms with Crippen molar-refractivity contribution in [3.8, 4) is 11.8 Å². The number of halogens is 1. The van der Waals surface area contributed by atoms with Gasteiger partial charge in [-0.1, -0.05) is 18.5 Å². The predicted octanol–water partition coefficient (Wildman–Crippen LogP) is 2.62. The fourth-order valence-electron chi connectivity index (χ4n) is 1.50. The molecule has 2 aromatic rings. The first kappa shape index (κ1) is 14.8. The summed E-state index contributed by atoms with van der Waals surface area (Å²) in [6.45, 7) is 2.64. The molecular weight excluding hydrogens is 292 g/mol. The summed E-state index contributed by atoms with van der Waals surface area (Å²) in [5.41, 5.74) is 0.978. The second-order valence-electron chi connectivity index (χ2n) is 4.04. The Labute approximate surface area is 126 Å². The van der Waals surface area contributed by atoms with Crippen molar-refractivity contribution in [1.29, 1.82) is 5.26 Å². The summed E-state index contributed by atoms with van der Waals surface area (Å²) in [6, 6.07) is 7.28. The second kappa shape index (κ2) is 7.26. The molecule has 0 aliphatic rings. The van der Waals surface area contributed by atoms with E-state index in [1.807, 2.05) is 13.0 Å². The molecule has 0 saturated heterocycles. The number of rotatable bonds is 6. The van der Waals surface area contributed by atoms with Crippen LogP contribution < -0.4 is 10.1 Å². The molecule has 0 spiro atoms. The maximum Gasteiger partial charge on any atom is 0.216 e. The number of hydrogen-bond donors (Lipinski definition) is 2. The van der Waals surface area contributed by atoms with E-state index >= 15 is 0 Å². The number of anilines is 1. The minimum atomic E-state index is 0.221. The molecule has 0 aliphatic carbocycles. The lowest BCUT2D eigenvalue weighted by Crippen LogP contribution is -1.97. The van der Waals surface area contributed by atoms with Crippen LogP contribution in [0.15, 0.2) is 24.4 Å². The number of aromatic nitrogens is 4. The summed E-state index contributed by atoms with van der Waals surface area (Å²) in [5, 5.41) is 25.7. The molecule has 0 aliphatic heterocycles. The van der Waals surface area contributed by atoms with Gasteiger partial charge in [0.1, 0.15) is 17.4 Å². The Bertz CT molecular complexity index is 662. The zero-order valence-electron chi connectivity index (χ0n) is 11.3. The van der Waals surface area contributed by atoms with Gasteiger partial charge in [0.25, 0.3) is 0 Å². The highest BCUT2D eigenvalue weighted by molar-refractivity contribution is 6.32. The van der Waals surface area contributed by atoms with Crippen LogP contribution in [-0.2, 0) is 0 Å². The van der Waals surface area contributed by atoms with E-state index in [1.54, 1.807) is 18.2 Å². The van der Waals surface area contributed by atoms with Crippen LogP contribution in [0.1, 0.15) is 19.2 Å². The van der Waals surface area contributed by atoms with Gasteiger partial charge in [0, 0.05) is 11.9 Å². The maximum atomic E-state index is 9.05. The Kier molecular flexibility index (Phi) is 5.12. The van der Waals surface area contributed by atoms with Crippen molar-refractivity contribution in [3.63, 3.8) is 0 Å². The number of nitriles is 1. The molecule has 1 aromatic carbocycles. The van der Waals surface area contributed by atoms with Crippen LogP contribution in [0.3, 0.4) is 0 Å². The number of tetrazole rings is 1. The first-order chi connectivity index (χ1) is 10.2. The molecule has 0 saturated carbocycles. The first-order valence-corrected chi connectivity index (χ1v) is 6.65. The zero-order chi connectivity index (χ0) is 15.1. The van der Waals surface area contributed by atoms with E-state index in [0.29, 0.717) is 17.4 Å². The predicted molar refractivity (Wildman–Crippen MR) is 78.6 cm³/mol. The summed E-state index contributed by atoms with van der Waals surface area (Å²) < 4.78 is 5.49. The highest BCUT2D eigenvalue weighted by Gasteiger charge is 2.06.